The Hall–Kier alpha value is -1.59. The van der Waals surface area contributed by atoms with Crippen molar-refractivity contribution in [2.45, 2.75) is 31.7 Å². The molecule has 1 aromatic rings. The smallest absolute Gasteiger partial charge is 0.313 e. The lowest BCUT2D eigenvalue weighted by Crippen LogP contribution is -2.45. The summed E-state index contributed by atoms with van der Waals surface area (Å²) in [5.41, 5.74) is 0.215. The number of hydrogen-bond donors (Lipinski definition) is 3. The zero-order valence-corrected chi connectivity index (χ0v) is 14.6. The predicted molar refractivity (Wildman–Crippen MR) is 83.7 cm³/mol. The van der Waals surface area contributed by atoms with Gasteiger partial charge >= 0.3 is 5.97 Å². The van der Waals surface area contributed by atoms with E-state index in [0.29, 0.717) is 5.75 Å². The van der Waals surface area contributed by atoms with Crippen LogP contribution in [0.2, 0.25) is 0 Å². The number of carbonyl (C=O) groups is 2. The summed E-state index contributed by atoms with van der Waals surface area (Å²) in [6, 6.07) is -0.988. The van der Waals surface area contributed by atoms with Gasteiger partial charge in [0.15, 0.2) is 5.76 Å². The Bertz CT molecular complexity index is 651. The number of rotatable bonds is 9. The molecule has 0 aliphatic rings. The molecule has 130 valence electrons. The monoisotopic (exact) mass is 365 g/mol. The molecular weight excluding hydrogens is 346 g/mol. The first-order valence-corrected chi connectivity index (χ1v) is 9.31. The van der Waals surface area contributed by atoms with E-state index in [1.807, 2.05) is 0 Å². The van der Waals surface area contributed by atoms with E-state index in [2.05, 4.69) is 15.2 Å². The van der Waals surface area contributed by atoms with Crippen LogP contribution in [0.25, 0.3) is 0 Å². The van der Waals surface area contributed by atoms with Crippen LogP contribution in [0, 0.1) is 13.8 Å². The van der Waals surface area contributed by atoms with Crippen molar-refractivity contribution in [1.29, 1.82) is 0 Å². The number of amides is 1. The highest BCUT2D eigenvalue weighted by Crippen LogP contribution is 2.18. The molecule has 0 radical (unpaired) electrons. The number of carboxylic acids is 1. The lowest BCUT2D eigenvalue weighted by molar-refractivity contribution is -0.133. The Morgan fingerprint density at radius 2 is 2.04 bits per heavy atom. The fourth-order valence-corrected chi connectivity index (χ4v) is 3.86. The molecule has 0 saturated heterocycles. The third kappa shape index (κ3) is 5.84. The summed E-state index contributed by atoms with van der Waals surface area (Å²) in [5.74, 6) is -0.920. The van der Waals surface area contributed by atoms with Crippen molar-refractivity contribution >= 4 is 33.7 Å². The second-order valence-electron chi connectivity index (χ2n) is 4.73. The van der Waals surface area contributed by atoms with Crippen LogP contribution in [0.5, 0.6) is 0 Å². The van der Waals surface area contributed by atoms with Crippen molar-refractivity contribution in [2.75, 3.05) is 18.1 Å². The van der Waals surface area contributed by atoms with Gasteiger partial charge in [0.1, 0.15) is 10.6 Å². The van der Waals surface area contributed by atoms with E-state index in [1.54, 1.807) is 0 Å². The standard InChI is InChI=1S/C12H19N3O6S2/c1-7-11(9(3)21-14-7)23(19,20)15-8(2)12(18)13-4-5-22-6-10(16)17/h8,15H,4-6H2,1-3H3,(H,13,18)(H,16,17). The van der Waals surface area contributed by atoms with E-state index in [4.69, 9.17) is 9.63 Å². The van der Waals surface area contributed by atoms with Gasteiger partial charge in [-0.2, -0.15) is 4.72 Å². The number of aliphatic carboxylic acids is 1. The summed E-state index contributed by atoms with van der Waals surface area (Å²) < 4.78 is 31.6. The molecule has 1 heterocycles. The Morgan fingerprint density at radius 1 is 1.39 bits per heavy atom. The molecule has 1 unspecified atom stereocenters. The lowest BCUT2D eigenvalue weighted by atomic mass is 10.3. The molecule has 23 heavy (non-hydrogen) atoms. The van der Waals surface area contributed by atoms with Gasteiger partial charge in [-0.25, -0.2) is 8.42 Å². The summed E-state index contributed by atoms with van der Waals surface area (Å²) in [6.45, 7) is 4.62. The molecule has 0 fully saturated rings. The third-order valence-corrected chi connectivity index (χ3v) is 5.46. The fourth-order valence-electron chi connectivity index (χ4n) is 1.76. The molecule has 0 aromatic carbocycles. The predicted octanol–water partition coefficient (Wildman–Crippen LogP) is -0.108. The molecule has 1 atom stereocenters. The van der Waals surface area contributed by atoms with Crippen molar-refractivity contribution in [2.24, 2.45) is 0 Å². The average Bonchev–Trinajstić information content (AvgIpc) is 2.77. The van der Waals surface area contributed by atoms with Crippen LogP contribution in [-0.2, 0) is 19.6 Å². The van der Waals surface area contributed by atoms with Gasteiger partial charge in [-0.15, -0.1) is 11.8 Å². The highest BCUT2D eigenvalue weighted by atomic mass is 32.2. The first-order valence-electron chi connectivity index (χ1n) is 6.67. The second-order valence-corrected chi connectivity index (χ2v) is 7.49. The van der Waals surface area contributed by atoms with Gasteiger partial charge < -0.3 is 14.9 Å². The van der Waals surface area contributed by atoms with Gasteiger partial charge in [0.05, 0.1) is 11.8 Å². The summed E-state index contributed by atoms with van der Waals surface area (Å²) in [5, 5.41) is 14.6. The van der Waals surface area contributed by atoms with E-state index >= 15 is 0 Å². The van der Waals surface area contributed by atoms with Crippen LogP contribution in [-0.4, -0.2) is 54.6 Å². The SMILES string of the molecule is Cc1noc(C)c1S(=O)(=O)NC(C)C(=O)NCCSCC(=O)O. The van der Waals surface area contributed by atoms with E-state index in [9.17, 15) is 18.0 Å². The van der Waals surface area contributed by atoms with Gasteiger partial charge in [-0.05, 0) is 20.8 Å². The molecule has 1 rings (SSSR count). The van der Waals surface area contributed by atoms with E-state index in [1.165, 1.54) is 20.8 Å². The van der Waals surface area contributed by atoms with Crippen LogP contribution in [0.1, 0.15) is 18.4 Å². The van der Waals surface area contributed by atoms with Crippen LogP contribution in [0.4, 0.5) is 0 Å². The van der Waals surface area contributed by atoms with E-state index in [0.717, 1.165) is 11.8 Å². The van der Waals surface area contributed by atoms with E-state index in [-0.39, 0.29) is 28.6 Å². The maximum Gasteiger partial charge on any atom is 0.313 e. The number of hydrogen-bond acceptors (Lipinski definition) is 7. The van der Waals surface area contributed by atoms with Crippen molar-refractivity contribution in [3.05, 3.63) is 11.5 Å². The first kappa shape index (κ1) is 19.5. The Labute approximate surface area is 138 Å². The number of aromatic nitrogens is 1. The molecule has 0 bridgehead atoms. The minimum atomic E-state index is -3.92. The summed E-state index contributed by atoms with van der Waals surface area (Å²) in [7, 11) is -3.92. The number of nitrogens with one attached hydrogen (secondary N) is 2. The zero-order chi connectivity index (χ0) is 17.6. The largest absolute Gasteiger partial charge is 0.481 e. The maximum atomic E-state index is 12.2. The van der Waals surface area contributed by atoms with Crippen LogP contribution in [0.3, 0.4) is 0 Å². The highest BCUT2D eigenvalue weighted by molar-refractivity contribution is 7.99. The van der Waals surface area contributed by atoms with Gasteiger partial charge in [0.2, 0.25) is 15.9 Å². The molecule has 1 amide bonds. The topological polar surface area (TPSA) is 139 Å². The zero-order valence-electron chi connectivity index (χ0n) is 13.0. The molecule has 0 aliphatic heterocycles. The number of aryl methyl sites for hydroxylation is 2. The average molecular weight is 365 g/mol. The van der Waals surface area contributed by atoms with Gasteiger partial charge in [0, 0.05) is 12.3 Å². The highest BCUT2D eigenvalue weighted by Gasteiger charge is 2.27. The Morgan fingerprint density at radius 3 is 2.57 bits per heavy atom. The van der Waals surface area contributed by atoms with Crippen LogP contribution >= 0.6 is 11.8 Å². The van der Waals surface area contributed by atoms with Crippen LogP contribution in [0.15, 0.2) is 9.42 Å². The quantitative estimate of drug-likeness (QED) is 0.515. The van der Waals surface area contributed by atoms with Crippen molar-refractivity contribution in [3.8, 4) is 0 Å². The van der Waals surface area contributed by atoms with Crippen molar-refractivity contribution in [1.82, 2.24) is 15.2 Å². The van der Waals surface area contributed by atoms with E-state index < -0.39 is 27.9 Å². The minimum absolute atomic E-state index is 0.0515. The molecular formula is C12H19N3O6S2. The Balaban J connectivity index is 2.53. The number of carboxylic acid groups (broad SMARTS) is 1. The molecule has 11 heteroatoms. The Kier molecular flexibility index (Phi) is 7.03. The third-order valence-electron chi connectivity index (χ3n) is 2.73. The maximum absolute atomic E-state index is 12.2. The molecule has 0 aliphatic carbocycles. The normalized spacial score (nSPS) is 12.8. The molecule has 0 spiro atoms. The molecule has 1 aromatic heterocycles. The molecule has 9 nitrogen and oxygen atoms in total. The summed E-state index contributed by atoms with van der Waals surface area (Å²) in [6.07, 6.45) is 0. The van der Waals surface area contributed by atoms with Gasteiger partial charge in [-0.3, -0.25) is 9.59 Å². The minimum Gasteiger partial charge on any atom is -0.481 e. The number of thioether (sulfide) groups is 1. The van der Waals surface area contributed by atoms with Crippen molar-refractivity contribution < 1.29 is 27.6 Å². The van der Waals surface area contributed by atoms with Gasteiger partial charge in [-0.1, -0.05) is 5.16 Å². The summed E-state index contributed by atoms with van der Waals surface area (Å²) in [4.78, 5) is 22.1. The van der Waals surface area contributed by atoms with Gasteiger partial charge in [0.25, 0.3) is 0 Å². The lowest BCUT2D eigenvalue weighted by Gasteiger charge is -2.14. The summed E-state index contributed by atoms with van der Waals surface area (Å²) >= 11 is 1.16. The number of carbonyl (C=O) groups excluding carboxylic acids is 1. The van der Waals surface area contributed by atoms with Crippen molar-refractivity contribution in [3.63, 3.8) is 0 Å². The van der Waals surface area contributed by atoms with Crippen LogP contribution < -0.4 is 10.0 Å². The fraction of sp³-hybridized carbons (Fsp3) is 0.583. The number of sulfonamides is 1. The number of nitrogens with zero attached hydrogens (tertiary/aromatic N) is 1. The first-order chi connectivity index (χ1) is 10.6. The molecule has 0 saturated carbocycles. The molecule has 3 N–H and O–H groups in total. The second kappa shape index (κ2) is 8.31.